The highest BCUT2D eigenvalue weighted by Gasteiger charge is 2.35. The van der Waals surface area contributed by atoms with Crippen molar-refractivity contribution in [3.63, 3.8) is 0 Å². The molecule has 1 aromatic rings. The summed E-state index contributed by atoms with van der Waals surface area (Å²) >= 11 is 0. The van der Waals surface area contributed by atoms with Crippen molar-refractivity contribution in [2.24, 2.45) is 0 Å². The van der Waals surface area contributed by atoms with Crippen molar-refractivity contribution in [1.29, 1.82) is 0 Å². The van der Waals surface area contributed by atoms with E-state index < -0.39 is 5.97 Å². The van der Waals surface area contributed by atoms with Crippen molar-refractivity contribution in [2.45, 2.75) is 26.1 Å². The molecule has 0 aromatic heterocycles. The molecule has 27 heavy (non-hydrogen) atoms. The summed E-state index contributed by atoms with van der Waals surface area (Å²) in [7, 11) is 1.47. The molecule has 1 unspecified atom stereocenters. The average Bonchev–Trinajstić information content (AvgIpc) is 2.91. The Balaban J connectivity index is 2.00. The fraction of sp³-hybridized carbons (Fsp3) is 0.450. The molecule has 1 atom stereocenters. The summed E-state index contributed by atoms with van der Waals surface area (Å²) < 4.78 is 24.8. The van der Waals surface area contributed by atoms with Crippen LogP contribution in [-0.2, 0) is 20.8 Å². The smallest absolute Gasteiger partial charge is 0.341 e. The van der Waals surface area contributed by atoms with Gasteiger partial charge in [0, 0.05) is 26.2 Å². The molecule has 0 aliphatic carbocycles. The molecule has 0 bridgehead atoms. The van der Waals surface area contributed by atoms with Gasteiger partial charge in [-0.2, -0.15) is 0 Å². The summed E-state index contributed by atoms with van der Waals surface area (Å²) in [5.74, 6) is -1.07. The minimum absolute atomic E-state index is 0.135. The normalized spacial score (nSPS) is 21.7. The van der Waals surface area contributed by atoms with Crippen LogP contribution in [0.3, 0.4) is 0 Å². The summed E-state index contributed by atoms with van der Waals surface area (Å²) in [5.41, 5.74) is 1.54. The number of carboxylic acid groups (broad SMARTS) is 1. The van der Waals surface area contributed by atoms with Crippen molar-refractivity contribution in [2.75, 3.05) is 33.4 Å². The van der Waals surface area contributed by atoms with Crippen LogP contribution in [0.5, 0.6) is 0 Å². The Morgan fingerprint density at radius 2 is 2.19 bits per heavy atom. The molecule has 0 saturated carbocycles. The number of halogens is 1. The largest absolute Gasteiger partial charge is 0.482 e. The number of nitrogens with zero attached hydrogens (tertiary/aromatic N) is 2. The average molecular weight is 376 g/mol. The first-order chi connectivity index (χ1) is 13.0. The lowest BCUT2D eigenvalue weighted by atomic mass is 10.0. The summed E-state index contributed by atoms with van der Waals surface area (Å²) in [5, 5.41) is 9.68. The van der Waals surface area contributed by atoms with Gasteiger partial charge in [-0.05, 0) is 42.7 Å². The lowest BCUT2D eigenvalue weighted by molar-refractivity contribution is -0.133. The topological polar surface area (TPSA) is 62.2 Å². The molecule has 1 aromatic carbocycles. The highest BCUT2D eigenvalue weighted by Crippen LogP contribution is 2.31. The van der Waals surface area contributed by atoms with E-state index in [1.165, 1.54) is 19.2 Å². The van der Waals surface area contributed by atoms with Gasteiger partial charge < -0.3 is 19.5 Å². The molecule has 1 saturated heterocycles. The number of methoxy groups -OCH3 is 1. The van der Waals surface area contributed by atoms with Gasteiger partial charge in [-0.3, -0.25) is 4.90 Å². The number of ether oxygens (including phenoxy) is 2. The SMILES string of the molecule is COC1=C(C(=O)O)C(C)=CC(N2CCCOCC2)N1Cc1cccc(F)c1. The Morgan fingerprint density at radius 1 is 1.37 bits per heavy atom. The minimum Gasteiger partial charge on any atom is -0.482 e. The van der Waals surface area contributed by atoms with Crippen molar-refractivity contribution < 1.29 is 23.8 Å². The molecule has 0 amide bonds. The lowest BCUT2D eigenvalue weighted by Gasteiger charge is -2.42. The van der Waals surface area contributed by atoms with E-state index in [2.05, 4.69) is 4.90 Å². The maximum absolute atomic E-state index is 13.7. The van der Waals surface area contributed by atoms with Gasteiger partial charge in [-0.25, -0.2) is 9.18 Å². The van der Waals surface area contributed by atoms with Crippen LogP contribution in [-0.4, -0.2) is 60.5 Å². The zero-order chi connectivity index (χ0) is 19.4. The predicted molar refractivity (Wildman–Crippen MR) is 98.2 cm³/mol. The van der Waals surface area contributed by atoms with E-state index in [1.54, 1.807) is 13.0 Å². The second-order valence-electron chi connectivity index (χ2n) is 6.71. The van der Waals surface area contributed by atoms with Gasteiger partial charge in [0.1, 0.15) is 17.6 Å². The highest BCUT2D eigenvalue weighted by molar-refractivity contribution is 5.92. The van der Waals surface area contributed by atoms with Gasteiger partial charge in [-0.15, -0.1) is 0 Å². The van der Waals surface area contributed by atoms with Crippen molar-refractivity contribution in [3.05, 3.63) is 58.8 Å². The Kier molecular flexibility index (Phi) is 6.13. The van der Waals surface area contributed by atoms with Crippen molar-refractivity contribution in [1.82, 2.24) is 9.80 Å². The van der Waals surface area contributed by atoms with Crippen LogP contribution in [0.2, 0.25) is 0 Å². The van der Waals surface area contributed by atoms with Gasteiger partial charge in [-0.1, -0.05) is 12.1 Å². The minimum atomic E-state index is -1.04. The third-order valence-electron chi connectivity index (χ3n) is 4.87. The van der Waals surface area contributed by atoms with E-state index in [-0.39, 0.29) is 17.6 Å². The highest BCUT2D eigenvalue weighted by atomic mass is 19.1. The second-order valence-corrected chi connectivity index (χ2v) is 6.71. The Morgan fingerprint density at radius 3 is 2.89 bits per heavy atom. The van der Waals surface area contributed by atoms with Crippen LogP contribution < -0.4 is 0 Å². The van der Waals surface area contributed by atoms with Crippen LogP contribution in [0.1, 0.15) is 18.9 Å². The molecule has 6 nitrogen and oxygen atoms in total. The summed E-state index contributed by atoms with van der Waals surface area (Å²) in [6, 6.07) is 6.33. The molecule has 2 aliphatic heterocycles. The third-order valence-corrected chi connectivity index (χ3v) is 4.87. The molecule has 1 fully saturated rings. The zero-order valence-corrected chi connectivity index (χ0v) is 15.7. The molecule has 0 radical (unpaired) electrons. The van der Waals surface area contributed by atoms with Gasteiger partial charge in [0.2, 0.25) is 5.88 Å². The number of benzene rings is 1. The Hall–Kier alpha value is -2.38. The van der Waals surface area contributed by atoms with Crippen LogP contribution >= 0.6 is 0 Å². The standard InChI is InChI=1S/C20H25FN2O4/c1-14-11-17(22-7-4-9-27-10-8-22)23(19(26-2)18(14)20(24)25)13-15-5-3-6-16(21)12-15/h3,5-6,11-12,17H,4,7-10,13H2,1-2H3,(H,24,25). The summed E-state index contributed by atoms with van der Waals surface area (Å²) in [6.45, 7) is 5.01. The predicted octanol–water partition coefficient (Wildman–Crippen LogP) is 2.58. The Bertz CT molecular complexity index is 754. The number of rotatable bonds is 5. The van der Waals surface area contributed by atoms with E-state index in [0.29, 0.717) is 31.2 Å². The van der Waals surface area contributed by atoms with Crippen molar-refractivity contribution in [3.8, 4) is 0 Å². The molecule has 2 heterocycles. The number of carboxylic acids is 1. The van der Waals surface area contributed by atoms with Crippen LogP contribution in [0.4, 0.5) is 4.39 Å². The fourth-order valence-corrected chi connectivity index (χ4v) is 3.64. The molecular weight excluding hydrogens is 351 g/mol. The first-order valence-corrected chi connectivity index (χ1v) is 9.04. The number of aliphatic carboxylic acids is 1. The summed E-state index contributed by atoms with van der Waals surface area (Å²) in [4.78, 5) is 16.0. The first kappa shape index (κ1) is 19.4. The maximum Gasteiger partial charge on any atom is 0.341 e. The molecule has 1 N–H and O–H groups in total. The molecular formula is C20H25FN2O4. The van der Waals surface area contributed by atoms with E-state index >= 15 is 0 Å². The molecule has 0 spiro atoms. The second kappa shape index (κ2) is 8.54. The maximum atomic E-state index is 13.7. The van der Waals surface area contributed by atoms with Gasteiger partial charge in [0.15, 0.2) is 0 Å². The van der Waals surface area contributed by atoms with Crippen molar-refractivity contribution >= 4 is 5.97 Å². The Labute approximate surface area is 158 Å². The molecule has 3 rings (SSSR count). The molecule has 146 valence electrons. The van der Waals surface area contributed by atoms with Gasteiger partial charge in [0.25, 0.3) is 0 Å². The first-order valence-electron chi connectivity index (χ1n) is 9.04. The number of hydrogen-bond acceptors (Lipinski definition) is 5. The molecule has 2 aliphatic rings. The van der Waals surface area contributed by atoms with Gasteiger partial charge >= 0.3 is 5.97 Å². The molecule has 7 heteroatoms. The number of carbonyl (C=O) groups is 1. The van der Waals surface area contributed by atoms with E-state index in [9.17, 15) is 14.3 Å². The zero-order valence-electron chi connectivity index (χ0n) is 15.7. The quantitative estimate of drug-likeness (QED) is 0.852. The summed E-state index contributed by atoms with van der Waals surface area (Å²) in [6.07, 6.45) is 2.65. The van der Waals surface area contributed by atoms with Crippen LogP contribution in [0, 0.1) is 5.82 Å². The van der Waals surface area contributed by atoms with Gasteiger partial charge in [0.05, 0.1) is 13.7 Å². The lowest BCUT2D eigenvalue weighted by Crippen LogP contribution is -2.50. The number of hydrogen-bond donors (Lipinski definition) is 1. The monoisotopic (exact) mass is 376 g/mol. The van der Waals surface area contributed by atoms with E-state index in [4.69, 9.17) is 9.47 Å². The van der Waals surface area contributed by atoms with Crippen LogP contribution in [0.25, 0.3) is 0 Å². The van der Waals surface area contributed by atoms with Crippen LogP contribution in [0.15, 0.2) is 47.4 Å². The van der Waals surface area contributed by atoms with E-state index in [1.807, 2.05) is 17.0 Å². The fourth-order valence-electron chi connectivity index (χ4n) is 3.64. The van der Waals surface area contributed by atoms with E-state index in [0.717, 1.165) is 25.1 Å². The third kappa shape index (κ3) is 4.31.